The van der Waals surface area contributed by atoms with E-state index >= 15 is 0 Å². The van der Waals surface area contributed by atoms with Gasteiger partial charge in [-0.3, -0.25) is 19.8 Å². The van der Waals surface area contributed by atoms with E-state index in [-0.39, 0.29) is 18.1 Å². The van der Waals surface area contributed by atoms with Crippen LogP contribution in [0.3, 0.4) is 0 Å². The highest BCUT2D eigenvalue weighted by atomic mass is 19.4. The van der Waals surface area contributed by atoms with Gasteiger partial charge in [0.25, 0.3) is 5.69 Å². The van der Waals surface area contributed by atoms with E-state index in [0.29, 0.717) is 45.2 Å². The number of nitrogens with zero attached hydrogens (tertiary/aromatic N) is 3. The topological polar surface area (TPSA) is 78.7 Å². The van der Waals surface area contributed by atoms with Gasteiger partial charge >= 0.3 is 6.18 Å². The molecule has 10 heteroatoms. The van der Waals surface area contributed by atoms with Gasteiger partial charge in [0.15, 0.2) is 0 Å². The Hall–Kier alpha value is -2.36. The molecule has 1 fully saturated rings. The van der Waals surface area contributed by atoms with Crippen LogP contribution in [0.2, 0.25) is 0 Å². The standard InChI is InChI=1S/C16H21F3N4O3/c1-2-20-15(24)11-21-6-3-7-22(9-8-21)13-5-4-12(16(17,18)19)10-14(13)23(25)26/h4-5,10H,2-3,6-9,11H2,1H3,(H,20,24). The Morgan fingerprint density at radius 1 is 1.27 bits per heavy atom. The van der Waals surface area contributed by atoms with Crippen LogP contribution in [0.1, 0.15) is 18.9 Å². The van der Waals surface area contributed by atoms with Crippen molar-refractivity contribution >= 4 is 17.3 Å². The fourth-order valence-corrected chi connectivity index (χ4v) is 2.94. The lowest BCUT2D eigenvalue weighted by Crippen LogP contribution is -2.39. The summed E-state index contributed by atoms with van der Waals surface area (Å²) >= 11 is 0. The second kappa shape index (κ2) is 8.35. The molecule has 1 aliphatic rings. The summed E-state index contributed by atoms with van der Waals surface area (Å²) in [6.45, 7) is 4.60. The number of benzene rings is 1. The normalized spacial score (nSPS) is 16.2. The summed E-state index contributed by atoms with van der Waals surface area (Å²) in [6, 6.07) is 2.59. The third-order valence-corrected chi connectivity index (χ3v) is 4.17. The van der Waals surface area contributed by atoms with Gasteiger partial charge in [0.05, 0.1) is 17.0 Å². The van der Waals surface area contributed by atoms with Crippen LogP contribution in [0.4, 0.5) is 24.5 Å². The van der Waals surface area contributed by atoms with E-state index in [1.807, 2.05) is 11.8 Å². The lowest BCUT2D eigenvalue weighted by atomic mass is 10.1. The molecule has 1 aliphatic heterocycles. The lowest BCUT2D eigenvalue weighted by Gasteiger charge is -2.23. The number of amides is 1. The van der Waals surface area contributed by atoms with Gasteiger partial charge in [-0.15, -0.1) is 0 Å². The largest absolute Gasteiger partial charge is 0.416 e. The van der Waals surface area contributed by atoms with Gasteiger partial charge < -0.3 is 10.2 Å². The number of carbonyl (C=O) groups is 1. The molecule has 0 bridgehead atoms. The number of nitrogens with one attached hydrogen (secondary N) is 1. The van der Waals surface area contributed by atoms with Crippen molar-refractivity contribution in [2.75, 3.05) is 44.2 Å². The van der Waals surface area contributed by atoms with E-state index in [1.54, 1.807) is 4.90 Å². The zero-order valence-corrected chi connectivity index (χ0v) is 14.4. The third kappa shape index (κ3) is 5.07. The summed E-state index contributed by atoms with van der Waals surface area (Å²) in [5.41, 5.74) is -1.43. The molecular weight excluding hydrogens is 353 g/mol. The number of alkyl halides is 3. The monoisotopic (exact) mass is 374 g/mol. The van der Waals surface area contributed by atoms with Gasteiger partial charge in [-0.05, 0) is 25.5 Å². The minimum Gasteiger partial charge on any atom is -0.365 e. The van der Waals surface area contributed by atoms with Crippen LogP contribution < -0.4 is 10.2 Å². The number of rotatable bonds is 5. The molecule has 1 N–H and O–H groups in total. The summed E-state index contributed by atoms with van der Waals surface area (Å²) < 4.78 is 38.5. The molecule has 1 aromatic carbocycles. The maximum Gasteiger partial charge on any atom is 0.416 e. The number of hydrogen-bond donors (Lipinski definition) is 1. The van der Waals surface area contributed by atoms with Crippen molar-refractivity contribution in [3.8, 4) is 0 Å². The highest BCUT2D eigenvalue weighted by Crippen LogP contribution is 2.36. The van der Waals surface area contributed by atoms with Gasteiger partial charge in [0.1, 0.15) is 5.69 Å². The summed E-state index contributed by atoms with van der Waals surface area (Å²) in [5, 5.41) is 14.0. The molecule has 0 saturated carbocycles. The summed E-state index contributed by atoms with van der Waals surface area (Å²) in [6.07, 6.45) is -3.98. The Balaban J connectivity index is 2.15. The van der Waals surface area contributed by atoms with E-state index in [4.69, 9.17) is 0 Å². The Kier molecular flexibility index (Phi) is 6.41. The molecule has 0 aliphatic carbocycles. The molecule has 0 spiro atoms. The number of halogens is 3. The minimum absolute atomic E-state index is 0.0959. The first-order valence-corrected chi connectivity index (χ1v) is 8.32. The number of nitro groups is 1. The van der Waals surface area contributed by atoms with Crippen LogP contribution in [-0.2, 0) is 11.0 Å². The van der Waals surface area contributed by atoms with Crippen LogP contribution in [0.25, 0.3) is 0 Å². The Bertz CT molecular complexity index is 667. The zero-order valence-electron chi connectivity index (χ0n) is 14.4. The molecule has 7 nitrogen and oxygen atoms in total. The maximum absolute atomic E-state index is 12.8. The average molecular weight is 374 g/mol. The Morgan fingerprint density at radius 2 is 2.00 bits per heavy atom. The van der Waals surface area contributed by atoms with Crippen LogP contribution >= 0.6 is 0 Å². The van der Waals surface area contributed by atoms with Crippen molar-refractivity contribution in [1.29, 1.82) is 0 Å². The first-order valence-electron chi connectivity index (χ1n) is 8.32. The van der Waals surface area contributed by atoms with Gasteiger partial charge in [0.2, 0.25) is 5.91 Å². The molecule has 144 valence electrons. The fourth-order valence-electron chi connectivity index (χ4n) is 2.94. The number of carbonyl (C=O) groups excluding carboxylic acids is 1. The minimum atomic E-state index is -4.63. The molecule has 0 unspecified atom stereocenters. The molecule has 0 radical (unpaired) electrons. The molecule has 0 atom stereocenters. The zero-order chi connectivity index (χ0) is 19.3. The predicted octanol–water partition coefficient (Wildman–Crippen LogP) is 2.26. The maximum atomic E-state index is 12.8. The van der Waals surface area contributed by atoms with Gasteiger partial charge in [-0.25, -0.2) is 0 Å². The van der Waals surface area contributed by atoms with Crippen LogP contribution in [0.15, 0.2) is 18.2 Å². The molecule has 1 aromatic rings. The van der Waals surface area contributed by atoms with E-state index in [9.17, 15) is 28.1 Å². The smallest absolute Gasteiger partial charge is 0.365 e. The molecule has 2 rings (SSSR count). The van der Waals surface area contributed by atoms with Gasteiger partial charge in [-0.1, -0.05) is 0 Å². The number of likely N-dealkylation sites (N-methyl/N-ethyl adjacent to an activating group) is 1. The number of nitro benzene ring substituents is 1. The highest BCUT2D eigenvalue weighted by Gasteiger charge is 2.34. The first kappa shape index (κ1) is 20.0. The summed E-state index contributed by atoms with van der Waals surface area (Å²) in [4.78, 5) is 25.8. The molecule has 1 amide bonds. The number of hydrogen-bond acceptors (Lipinski definition) is 5. The Morgan fingerprint density at radius 3 is 2.62 bits per heavy atom. The lowest BCUT2D eigenvalue weighted by molar-refractivity contribution is -0.384. The van der Waals surface area contributed by atoms with Gasteiger partial charge in [-0.2, -0.15) is 13.2 Å². The third-order valence-electron chi connectivity index (χ3n) is 4.17. The highest BCUT2D eigenvalue weighted by molar-refractivity contribution is 5.78. The number of anilines is 1. The van der Waals surface area contributed by atoms with Crippen LogP contribution in [-0.4, -0.2) is 55.0 Å². The van der Waals surface area contributed by atoms with Crippen molar-refractivity contribution in [2.24, 2.45) is 0 Å². The Labute approximate surface area is 148 Å². The van der Waals surface area contributed by atoms with E-state index in [2.05, 4.69) is 5.32 Å². The molecule has 26 heavy (non-hydrogen) atoms. The second-order valence-corrected chi connectivity index (χ2v) is 6.03. The van der Waals surface area contributed by atoms with Crippen molar-refractivity contribution in [1.82, 2.24) is 10.2 Å². The average Bonchev–Trinajstić information content (AvgIpc) is 2.79. The SMILES string of the molecule is CCNC(=O)CN1CCCN(c2ccc(C(F)(F)F)cc2[N+](=O)[O-])CC1. The van der Waals surface area contributed by atoms with E-state index < -0.39 is 22.4 Å². The second-order valence-electron chi connectivity index (χ2n) is 6.03. The predicted molar refractivity (Wildman–Crippen MR) is 90.1 cm³/mol. The molecule has 1 saturated heterocycles. The van der Waals surface area contributed by atoms with Crippen molar-refractivity contribution < 1.29 is 22.9 Å². The van der Waals surface area contributed by atoms with Crippen molar-refractivity contribution in [3.05, 3.63) is 33.9 Å². The van der Waals surface area contributed by atoms with Crippen LogP contribution in [0, 0.1) is 10.1 Å². The van der Waals surface area contributed by atoms with Crippen molar-refractivity contribution in [2.45, 2.75) is 19.5 Å². The van der Waals surface area contributed by atoms with E-state index in [1.165, 1.54) is 0 Å². The summed E-state index contributed by atoms with van der Waals surface area (Å²) in [5.74, 6) is -0.0959. The van der Waals surface area contributed by atoms with Crippen LogP contribution in [0.5, 0.6) is 0 Å². The van der Waals surface area contributed by atoms with Gasteiger partial charge in [0, 0.05) is 38.8 Å². The molecular formula is C16H21F3N4O3. The van der Waals surface area contributed by atoms with Crippen molar-refractivity contribution in [3.63, 3.8) is 0 Å². The quantitative estimate of drug-likeness (QED) is 0.632. The summed E-state index contributed by atoms with van der Waals surface area (Å²) in [7, 11) is 0. The first-order chi connectivity index (χ1) is 12.2. The molecule has 0 aromatic heterocycles. The molecule has 1 heterocycles. The fraction of sp³-hybridized carbons (Fsp3) is 0.562. The van der Waals surface area contributed by atoms with E-state index in [0.717, 1.165) is 12.1 Å².